The van der Waals surface area contributed by atoms with Crippen molar-refractivity contribution in [2.24, 2.45) is 0 Å². The topological polar surface area (TPSA) is 87.2 Å². The molecular formula is C24H30N2O5S. The number of benzene rings is 2. The Balaban J connectivity index is 1.57. The van der Waals surface area contributed by atoms with E-state index in [-0.39, 0.29) is 11.4 Å². The van der Waals surface area contributed by atoms with Crippen LogP contribution in [0.5, 0.6) is 5.75 Å². The SMILES string of the molecule is Cc1ccc(S(=O)(=O)N2CCc3c(OCCN4CCCCC4)cccc3C2C(=O)O)cc1. The van der Waals surface area contributed by atoms with Gasteiger partial charge in [-0.25, -0.2) is 8.42 Å². The van der Waals surface area contributed by atoms with Gasteiger partial charge in [0.1, 0.15) is 18.4 Å². The number of sulfonamides is 1. The first-order valence-electron chi connectivity index (χ1n) is 11.2. The van der Waals surface area contributed by atoms with Gasteiger partial charge in [-0.3, -0.25) is 9.69 Å². The van der Waals surface area contributed by atoms with Crippen molar-refractivity contribution in [2.45, 2.75) is 43.5 Å². The van der Waals surface area contributed by atoms with Crippen LogP contribution in [0.15, 0.2) is 47.4 Å². The molecule has 2 heterocycles. The molecule has 2 aliphatic heterocycles. The highest BCUT2D eigenvalue weighted by molar-refractivity contribution is 7.89. The van der Waals surface area contributed by atoms with E-state index in [0.717, 1.165) is 35.1 Å². The number of carboxylic acid groups (broad SMARTS) is 1. The minimum atomic E-state index is -3.96. The Labute approximate surface area is 189 Å². The molecule has 1 N–H and O–H groups in total. The number of ether oxygens (including phenoxy) is 1. The molecule has 1 atom stereocenters. The van der Waals surface area contributed by atoms with E-state index in [1.807, 2.05) is 13.0 Å². The Morgan fingerprint density at radius 3 is 2.47 bits per heavy atom. The van der Waals surface area contributed by atoms with Gasteiger partial charge in [-0.1, -0.05) is 36.2 Å². The molecule has 32 heavy (non-hydrogen) atoms. The lowest BCUT2D eigenvalue weighted by Gasteiger charge is -2.34. The molecular weight excluding hydrogens is 428 g/mol. The lowest BCUT2D eigenvalue weighted by Crippen LogP contribution is -2.43. The van der Waals surface area contributed by atoms with Crippen LogP contribution in [0.3, 0.4) is 0 Å². The standard InChI is InChI=1S/C24H30N2O5S/c1-18-8-10-19(11-9-18)32(29,30)26-15-12-20-21(23(26)24(27)28)6-5-7-22(20)31-17-16-25-13-3-2-4-14-25/h5-11,23H,2-4,12-17H2,1H3,(H,27,28). The second kappa shape index (κ2) is 9.60. The van der Waals surface area contributed by atoms with E-state index in [0.29, 0.717) is 24.3 Å². The van der Waals surface area contributed by atoms with Crippen molar-refractivity contribution < 1.29 is 23.1 Å². The molecule has 0 spiro atoms. The van der Waals surface area contributed by atoms with Crippen molar-refractivity contribution >= 4 is 16.0 Å². The van der Waals surface area contributed by atoms with Crippen molar-refractivity contribution in [1.82, 2.24) is 9.21 Å². The molecule has 0 aromatic heterocycles. The Morgan fingerprint density at radius 1 is 1.06 bits per heavy atom. The molecule has 1 saturated heterocycles. The molecule has 1 unspecified atom stereocenters. The normalized spacial score (nSPS) is 20.0. The molecule has 0 radical (unpaired) electrons. The van der Waals surface area contributed by atoms with E-state index < -0.39 is 22.0 Å². The number of carboxylic acids is 1. The van der Waals surface area contributed by atoms with Gasteiger partial charge in [0.15, 0.2) is 0 Å². The van der Waals surface area contributed by atoms with E-state index in [2.05, 4.69) is 4.90 Å². The van der Waals surface area contributed by atoms with Gasteiger partial charge in [0.2, 0.25) is 10.0 Å². The maximum absolute atomic E-state index is 13.3. The summed E-state index contributed by atoms with van der Waals surface area (Å²) in [5.41, 5.74) is 2.21. The summed E-state index contributed by atoms with van der Waals surface area (Å²) in [6.45, 7) is 5.50. The molecule has 2 aromatic carbocycles. The fourth-order valence-corrected chi connectivity index (χ4v) is 6.14. The summed E-state index contributed by atoms with van der Waals surface area (Å²) in [4.78, 5) is 14.7. The fraction of sp³-hybridized carbons (Fsp3) is 0.458. The van der Waals surface area contributed by atoms with E-state index in [1.54, 1.807) is 24.3 Å². The molecule has 7 nitrogen and oxygen atoms in total. The van der Waals surface area contributed by atoms with Crippen LogP contribution in [0.4, 0.5) is 0 Å². The van der Waals surface area contributed by atoms with Gasteiger partial charge in [0.05, 0.1) is 4.90 Å². The van der Waals surface area contributed by atoms with Crippen LogP contribution in [-0.4, -0.2) is 61.5 Å². The van der Waals surface area contributed by atoms with E-state index in [9.17, 15) is 18.3 Å². The number of piperidine rings is 1. The number of rotatable bonds is 7. The lowest BCUT2D eigenvalue weighted by atomic mass is 9.93. The number of aryl methyl sites for hydroxylation is 1. The average Bonchev–Trinajstić information content (AvgIpc) is 2.79. The van der Waals surface area contributed by atoms with Gasteiger partial charge in [-0.2, -0.15) is 4.31 Å². The quantitative estimate of drug-likeness (QED) is 0.686. The third-order valence-electron chi connectivity index (χ3n) is 6.31. The third-order valence-corrected chi connectivity index (χ3v) is 8.19. The first-order valence-corrected chi connectivity index (χ1v) is 12.6. The van der Waals surface area contributed by atoms with Crippen LogP contribution in [-0.2, 0) is 21.2 Å². The summed E-state index contributed by atoms with van der Waals surface area (Å²) in [5.74, 6) is -0.537. The zero-order valence-corrected chi connectivity index (χ0v) is 19.2. The first-order chi connectivity index (χ1) is 15.4. The van der Waals surface area contributed by atoms with Crippen LogP contribution < -0.4 is 4.74 Å². The summed E-state index contributed by atoms with van der Waals surface area (Å²) < 4.78 is 33.7. The van der Waals surface area contributed by atoms with Gasteiger partial charge in [0.25, 0.3) is 0 Å². The smallest absolute Gasteiger partial charge is 0.326 e. The zero-order valence-electron chi connectivity index (χ0n) is 18.4. The first kappa shape index (κ1) is 22.8. The predicted octanol–water partition coefficient (Wildman–Crippen LogP) is 3.23. The van der Waals surface area contributed by atoms with Crippen molar-refractivity contribution in [3.05, 3.63) is 59.2 Å². The summed E-state index contributed by atoms with van der Waals surface area (Å²) >= 11 is 0. The number of carbonyl (C=O) groups is 1. The molecule has 0 saturated carbocycles. The summed E-state index contributed by atoms with van der Waals surface area (Å²) in [6, 6.07) is 10.5. The number of nitrogens with zero attached hydrogens (tertiary/aromatic N) is 2. The van der Waals surface area contributed by atoms with Crippen molar-refractivity contribution in [3.63, 3.8) is 0 Å². The van der Waals surface area contributed by atoms with Crippen molar-refractivity contribution in [2.75, 3.05) is 32.8 Å². The summed E-state index contributed by atoms with van der Waals surface area (Å²) in [5, 5.41) is 9.99. The van der Waals surface area contributed by atoms with Crippen LogP contribution in [0, 0.1) is 6.92 Å². The molecule has 8 heteroatoms. The maximum atomic E-state index is 13.3. The molecule has 0 bridgehead atoms. The monoisotopic (exact) mass is 458 g/mol. The molecule has 2 aromatic rings. The third kappa shape index (κ3) is 4.67. The minimum Gasteiger partial charge on any atom is -0.492 e. The molecule has 4 rings (SSSR count). The lowest BCUT2D eigenvalue weighted by molar-refractivity contribution is -0.142. The second-order valence-electron chi connectivity index (χ2n) is 8.49. The fourth-order valence-electron chi connectivity index (χ4n) is 4.58. The number of hydrogen-bond donors (Lipinski definition) is 1. The van der Waals surface area contributed by atoms with E-state index >= 15 is 0 Å². The van der Waals surface area contributed by atoms with Crippen LogP contribution in [0.2, 0.25) is 0 Å². The van der Waals surface area contributed by atoms with Crippen molar-refractivity contribution in [3.8, 4) is 5.75 Å². The Bertz CT molecular complexity index is 1060. The number of aliphatic carboxylic acids is 1. The van der Waals surface area contributed by atoms with Gasteiger partial charge in [-0.05, 0) is 63.0 Å². The van der Waals surface area contributed by atoms with Crippen LogP contribution in [0.1, 0.15) is 42.0 Å². The van der Waals surface area contributed by atoms with Crippen molar-refractivity contribution in [1.29, 1.82) is 0 Å². The number of fused-ring (bicyclic) bond motifs is 1. The molecule has 0 aliphatic carbocycles. The van der Waals surface area contributed by atoms with Gasteiger partial charge in [-0.15, -0.1) is 0 Å². The highest BCUT2D eigenvalue weighted by Gasteiger charge is 2.41. The van der Waals surface area contributed by atoms with Gasteiger partial charge < -0.3 is 9.84 Å². The highest BCUT2D eigenvalue weighted by atomic mass is 32.2. The highest BCUT2D eigenvalue weighted by Crippen LogP contribution is 2.38. The largest absolute Gasteiger partial charge is 0.492 e. The Kier molecular flexibility index (Phi) is 6.83. The average molecular weight is 459 g/mol. The van der Waals surface area contributed by atoms with Crippen LogP contribution >= 0.6 is 0 Å². The minimum absolute atomic E-state index is 0.0900. The van der Waals surface area contributed by atoms with Gasteiger partial charge >= 0.3 is 5.97 Å². The molecule has 0 amide bonds. The van der Waals surface area contributed by atoms with Gasteiger partial charge in [0, 0.05) is 18.7 Å². The maximum Gasteiger partial charge on any atom is 0.326 e. The second-order valence-corrected chi connectivity index (χ2v) is 10.4. The molecule has 2 aliphatic rings. The predicted molar refractivity (Wildman–Crippen MR) is 121 cm³/mol. The number of likely N-dealkylation sites (tertiary alicyclic amines) is 1. The van der Waals surface area contributed by atoms with E-state index in [4.69, 9.17) is 4.74 Å². The Morgan fingerprint density at radius 2 is 1.78 bits per heavy atom. The Hall–Kier alpha value is -2.42. The van der Waals surface area contributed by atoms with Crippen LogP contribution in [0.25, 0.3) is 0 Å². The molecule has 1 fully saturated rings. The zero-order chi connectivity index (χ0) is 22.7. The summed E-state index contributed by atoms with van der Waals surface area (Å²) in [7, 11) is -3.96. The molecule has 172 valence electrons. The number of hydrogen-bond acceptors (Lipinski definition) is 5. The van der Waals surface area contributed by atoms with E-state index in [1.165, 1.54) is 31.4 Å². The summed E-state index contributed by atoms with van der Waals surface area (Å²) in [6.07, 6.45) is 4.12.